The summed E-state index contributed by atoms with van der Waals surface area (Å²) in [6.07, 6.45) is 10.5. The van der Waals surface area contributed by atoms with E-state index in [-0.39, 0.29) is 5.41 Å². The highest BCUT2D eigenvalue weighted by atomic mass is 32.1. The maximum Gasteiger partial charge on any atom is 0.169 e. The van der Waals surface area contributed by atoms with Crippen molar-refractivity contribution in [2.45, 2.75) is 96.2 Å². The molecule has 1 saturated heterocycles. The monoisotopic (exact) mass is 402 g/mol. The van der Waals surface area contributed by atoms with Crippen molar-refractivity contribution in [3.8, 4) is 0 Å². The fourth-order valence-corrected chi connectivity index (χ4v) is 4.58. The van der Waals surface area contributed by atoms with Crippen LogP contribution in [0.1, 0.15) is 83.3 Å². The number of nitrogens with zero attached hydrogens (tertiary/aromatic N) is 1. The van der Waals surface area contributed by atoms with Gasteiger partial charge in [-0.3, -0.25) is 0 Å². The van der Waals surface area contributed by atoms with Crippen LogP contribution in [-0.2, 0) is 16.7 Å². The van der Waals surface area contributed by atoms with Crippen molar-refractivity contribution in [1.29, 1.82) is 0 Å². The molecule has 2 fully saturated rings. The average Bonchev–Trinajstić information content (AvgIpc) is 3.03. The first-order chi connectivity index (χ1) is 13.4. The van der Waals surface area contributed by atoms with Crippen LogP contribution in [-0.4, -0.2) is 35.3 Å². The molecule has 1 saturated carbocycles. The highest BCUT2D eigenvalue weighted by Gasteiger charge is 2.23. The van der Waals surface area contributed by atoms with Gasteiger partial charge in [-0.15, -0.1) is 0 Å². The van der Waals surface area contributed by atoms with Gasteiger partial charge in [-0.2, -0.15) is 0 Å². The molecule has 3 nitrogen and oxygen atoms in total. The Morgan fingerprint density at radius 1 is 1.04 bits per heavy atom. The van der Waals surface area contributed by atoms with E-state index in [1.807, 2.05) is 0 Å². The summed E-state index contributed by atoms with van der Waals surface area (Å²) in [4.78, 5) is 2.34. The first kappa shape index (κ1) is 21.6. The lowest BCUT2D eigenvalue weighted by atomic mass is 9.87. The van der Waals surface area contributed by atoms with Gasteiger partial charge in [0.25, 0.3) is 0 Å². The number of hydrogen-bond acceptors (Lipinski definition) is 2. The molecule has 3 rings (SSSR count). The Morgan fingerprint density at radius 2 is 1.71 bits per heavy atom. The average molecular weight is 403 g/mol. The number of hydrogen-bond donors (Lipinski definition) is 1. The van der Waals surface area contributed by atoms with Crippen molar-refractivity contribution in [3.63, 3.8) is 0 Å². The quantitative estimate of drug-likeness (QED) is 0.514. The smallest absolute Gasteiger partial charge is 0.169 e. The van der Waals surface area contributed by atoms with Gasteiger partial charge in [-0.25, -0.2) is 0 Å². The van der Waals surface area contributed by atoms with Crippen molar-refractivity contribution >= 4 is 17.3 Å². The molecule has 1 aliphatic heterocycles. The molecule has 0 bridgehead atoms. The van der Waals surface area contributed by atoms with E-state index in [1.54, 1.807) is 0 Å². The van der Waals surface area contributed by atoms with Crippen LogP contribution >= 0.6 is 12.2 Å². The molecule has 2 aliphatic rings. The third-order valence-corrected chi connectivity index (χ3v) is 6.49. The van der Waals surface area contributed by atoms with E-state index in [0.717, 1.165) is 31.2 Å². The van der Waals surface area contributed by atoms with Gasteiger partial charge in [-0.05, 0) is 54.4 Å². The topological polar surface area (TPSA) is 24.5 Å². The summed E-state index contributed by atoms with van der Waals surface area (Å²) in [7, 11) is 0. The van der Waals surface area contributed by atoms with Crippen LogP contribution in [0.5, 0.6) is 0 Å². The molecular weight excluding hydrogens is 364 g/mol. The summed E-state index contributed by atoms with van der Waals surface area (Å²) in [6, 6.07) is 9.59. The molecule has 0 unspecified atom stereocenters. The fourth-order valence-electron chi connectivity index (χ4n) is 4.27. The van der Waals surface area contributed by atoms with Gasteiger partial charge in [0.15, 0.2) is 5.11 Å². The van der Waals surface area contributed by atoms with Crippen LogP contribution < -0.4 is 5.32 Å². The van der Waals surface area contributed by atoms with E-state index >= 15 is 0 Å². The van der Waals surface area contributed by atoms with Crippen molar-refractivity contribution < 1.29 is 4.74 Å². The molecular formula is C24H38N2OS. The molecule has 1 aliphatic carbocycles. The number of thiocarbonyl (C=S) groups is 1. The van der Waals surface area contributed by atoms with E-state index in [0.29, 0.717) is 12.1 Å². The number of rotatable bonds is 5. The molecule has 28 heavy (non-hydrogen) atoms. The number of nitrogens with one attached hydrogen (secondary N) is 1. The highest BCUT2D eigenvalue weighted by molar-refractivity contribution is 7.80. The van der Waals surface area contributed by atoms with E-state index in [9.17, 15) is 0 Å². The van der Waals surface area contributed by atoms with Gasteiger partial charge in [0.05, 0.1) is 6.10 Å². The summed E-state index contributed by atoms with van der Waals surface area (Å²) in [5.41, 5.74) is 2.88. The van der Waals surface area contributed by atoms with Gasteiger partial charge >= 0.3 is 0 Å². The summed E-state index contributed by atoms with van der Waals surface area (Å²) in [5, 5.41) is 4.60. The largest absolute Gasteiger partial charge is 0.376 e. The Balaban J connectivity index is 1.66. The number of benzene rings is 1. The van der Waals surface area contributed by atoms with Crippen LogP contribution in [0.15, 0.2) is 24.3 Å². The molecule has 1 heterocycles. The predicted octanol–water partition coefficient (Wildman–Crippen LogP) is 5.56. The predicted molar refractivity (Wildman–Crippen MR) is 122 cm³/mol. The normalized spacial score (nSPS) is 21.3. The summed E-state index contributed by atoms with van der Waals surface area (Å²) < 4.78 is 5.92. The zero-order valence-corrected chi connectivity index (χ0v) is 18.8. The van der Waals surface area contributed by atoms with E-state index < -0.39 is 0 Å². The van der Waals surface area contributed by atoms with E-state index in [2.05, 4.69) is 55.3 Å². The maximum absolute atomic E-state index is 5.92. The van der Waals surface area contributed by atoms with Crippen LogP contribution in [0.4, 0.5) is 0 Å². The van der Waals surface area contributed by atoms with E-state index in [4.69, 9.17) is 17.0 Å². The molecule has 1 aromatic rings. The maximum atomic E-state index is 5.92. The SMILES string of the molecule is CC(C)(C)c1ccc(CN(C[C@H]2CCCO2)C(=S)NC2CCCCCC2)cc1. The zero-order chi connectivity index (χ0) is 20.0. The molecule has 156 valence electrons. The minimum atomic E-state index is 0.187. The summed E-state index contributed by atoms with van der Waals surface area (Å²) in [6.45, 7) is 9.41. The molecule has 1 aromatic carbocycles. The second-order valence-corrected chi connectivity index (χ2v) is 9.99. The van der Waals surface area contributed by atoms with Gasteiger partial charge < -0.3 is 15.0 Å². The van der Waals surface area contributed by atoms with Crippen LogP contribution in [0.25, 0.3) is 0 Å². The first-order valence-electron chi connectivity index (χ1n) is 11.2. The molecule has 4 heteroatoms. The van der Waals surface area contributed by atoms with Crippen molar-refractivity contribution in [2.75, 3.05) is 13.2 Å². The van der Waals surface area contributed by atoms with Crippen molar-refractivity contribution in [3.05, 3.63) is 35.4 Å². The second kappa shape index (κ2) is 10.1. The lowest BCUT2D eigenvalue weighted by Gasteiger charge is -2.31. The lowest BCUT2D eigenvalue weighted by molar-refractivity contribution is 0.0895. The van der Waals surface area contributed by atoms with Gasteiger partial charge in [0, 0.05) is 25.7 Å². The first-order valence-corrected chi connectivity index (χ1v) is 11.6. The molecule has 1 N–H and O–H groups in total. The van der Waals surface area contributed by atoms with Gasteiger partial charge in [0.2, 0.25) is 0 Å². The second-order valence-electron chi connectivity index (χ2n) is 9.60. The van der Waals surface area contributed by atoms with Crippen LogP contribution in [0.2, 0.25) is 0 Å². The minimum absolute atomic E-state index is 0.187. The Hall–Kier alpha value is -1.13. The fraction of sp³-hybridized carbons (Fsp3) is 0.708. The van der Waals surface area contributed by atoms with Gasteiger partial charge in [-0.1, -0.05) is 70.7 Å². The van der Waals surface area contributed by atoms with Gasteiger partial charge in [0.1, 0.15) is 0 Å². The Kier molecular flexibility index (Phi) is 7.76. The molecule has 0 amide bonds. The molecule has 0 spiro atoms. The number of ether oxygens (including phenoxy) is 1. The highest BCUT2D eigenvalue weighted by Crippen LogP contribution is 2.23. The third kappa shape index (κ3) is 6.45. The summed E-state index contributed by atoms with van der Waals surface area (Å²) >= 11 is 5.88. The Morgan fingerprint density at radius 3 is 2.29 bits per heavy atom. The molecule has 0 aromatic heterocycles. The Labute approximate surface area is 177 Å². The van der Waals surface area contributed by atoms with Crippen molar-refractivity contribution in [2.24, 2.45) is 0 Å². The third-order valence-electron chi connectivity index (χ3n) is 6.11. The summed E-state index contributed by atoms with van der Waals surface area (Å²) in [5.74, 6) is 0. The van der Waals surface area contributed by atoms with Crippen LogP contribution in [0.3, 0.4) is 0 Å². The van der Waals surface area contributed by atoms with E-state index in [1.165, 1.54) is 56.1 Å². The standard InChI is InChI=1S/C24H38N2OS/c1-24(2,3)20-14-12-19(13-15-20)17-26(18-22-11-8-16-27-22)23(28)25-21-9-6-4-5-7-10-21/h12-15,21-22H,4-11,16-18H2,1-3H3,(H,25,28)/t22-/m1/s1. The van der Waals surface area contributed by atoms with Crippen molar-refractivity contribution in [1.82, 2.24) is 10.2 Å². The zero-order valence-electron chi connectivity index (χ0n) is 18.0. The molecule has 0 radical (unpaired) electrons. The van der Waals surface area contributed by atoms with Crippen LogP contribution in [0, 0.1) is 0 Å². The Bertz CT molecular complexity index is 608. The minimum Gasteiger partial charge on any atom is -0.376 e. The molecule has 1 atom stereocenters. The lowest BCUT2D eigenvalue weighted by Crippen LogP contribution is -2.46.